The van der Waals surface area contributed by atoms with Crippen LogP contribution in [0, 0.1) is 5.92 Å². The van der Waals surface area contributed by atoms with Gasteiger partial charge >= 0.3 is 0 Å². The Morgan fingerprint density at radius 2 is 2.37 bits per heavy atom. The molecule has 0 amide bonds. The summed E-state index contributed by atoms with van der Waals surface area (Å²) in [6.45, 7) is 3.13. The van der Waals surface area contributed by atoms with E-state index in [2.05, 4.69) is 15.3 Å². The average Bonchev–Trinajstić information content (AvgIpc) is 2.97. The first-order valence-corrected chi connectivity index (χ1v) is 6.95. The van der Waals surface area contributed by atoms with E-state index in [1.807, 2.05) is 24.4 Å². The lowest BCUT2D eigenvalue weighted by atomic mass is 10.0. The van der Waals surface area contributed by atoms with Gasteiger partial charge in [0.25, 0.3) is 0 Å². The average molecular weight is 257 g/mol. The maximum Gasteiger partial charge on any atom is 0.121 e. The van der Waals surface area contributed by atoms with E-state index >= 15 is 0 Å². The van der Waals surface area contributed by atoms with Crippen LogP contribution in [-0.4, -0.2) is 29.7 Å². The topological polar surface area (TPSA) is 47.0 Å². The molecule has 2 aromatic rings. The second-order valence-electron chi connectivity index (χ2n) is 5.09. The third kappa shape index (κ3) is 3.20. The maximum atomic E-state index is 5.79. The van der Waals surface area contributed by atoms with E-state index in [1.165, 1.54) is 25.9 Å². The van der Waals surface area contributed by atoms with E-state index in [9.17, 15) is 0 Å². The van der Waals surface area contributed by atoms with E-state index in [0.29, 0.717) is 0 Å². The minimum absolute atomic E-state index is 0.785. The van der Waals surface area contributed by atoms with Gasteiger partial charge in [-0.1, -0.05) is 0 Å². The zero-order chi connectivity index (χ0) is 12.9. The van der Waals surface area contributed by atoms with Crippen LogP contribution in [0.4, 0.5) is 0 Å². The van der Waals surface area contributed by atoms with Crippen molar-refractivity contribution in [3.63, 3.8) is 0 Å². The second-order valence-corrected chi connectivity index (χ2v) is 5.09. The largest absolute Gasteiger partial charge is 0.494 e. The number of hydrogen-bond acceptors (Lipinski definition) is 4. The van der Waals surface area contributed by atoms with Crippen molar-refractivity contribution in [3.05, 3.63) is 30.7 Å². The fraction of sp³-hybridized carbons (Fsp3) is 0.467. The molecule has 0 bridgehead atoms. The summed E-state index contributed by atoms with van der Waals surface area (Å²) in [5, 5.41) is 4.44. The van der Waals surface area contributed by atoms with Gasteiger partial charge in [0, 0.05) is 17.6 Å². The first-order valence-electron chi connectivity index (χ1n) is 6.95. The molecule has 1 atom stereocenters. The van der Waals surface area contributed by atoms with Gasteiger partial charge in [-0.25, -0.2) is 9.97 Å². The van der Waals surface area contributed by atoms with Crippen molar-refractivity contribution < 1.29 is 4.74 Å². The molecule has 0 radical (unpaired) electrons. The van der Waals surface area contributed by atoms with Gasteiger partial charge < -0.3 is 10.1 Å². The summed E-state index contributed by atoms with van der Waals surface area (Å²) in [6.07, 6.45) is 7.07. The van der Waals surface area contributed by atoms with E-state index < -0.39 is 0 Å². The number of ether oxygens (including phenoxy) is 1. The lowest BCUT2D eigenvalue weighted by Gasteiger charge is -2.09. The highest BCUT2D eigenvalue weighted by Gasteiger charge is 2.13. The highest BCUT2D eigenvalue weighted by atomic mass is 16.5. The number of hydrogen-bond donors (Lipinski definition) is 1. The van der Waals surface area contributed by atoms with Crippen LogP contribution in [0.2, 0.25) is 0 Å². The number of aromatic nitrogens is 2. The first kappa shape index (κ1) is 12.4. The molecule has 3 rings (SSSR count). The molecule has 0 aliphatic carbocycles. The fourth-order valence-corrected chi connectivity index (χ4v) is 2.57. The number of nitrogens with one attached hydrogen (secondary N) is 1. The molecule has 1 aromatic heterocycles. The third-order valence-electron chi connectivity index (χ3n) is 3.67. The number of fused-ring (bicyclic) bond motifs is 1. The van der Waals surface area contributed by atoms with Gasteiger partial charge in [-0.15, -0.1) is 0 Å². The number of benzene rings is 1. The number of rotatable bonds is 5. The van der Waals surface area contributed by atoms with Crippen molar-refractivity contribution in [2.75, 3.05) is 19.7 Å². The van der Waals surface area contributed by atoms with Gasteiger partial charge in [-0.2, -0.15) is 0 Å². The predicted octanol–water partition coefficient (Wildman–Crippen LogP) is 2.40. The Morgan fingerprint density at radius 1 is 1.37 bits per heavy atom. The Labute approximate surface area is 113 Å². The molecule has 1 saturated heterocycles. The van der Waals surface area contributed by atoms with Gasteiger partial charge in [0.1, 0.15) is 12.1 Å². The fourth-order valence-electron chi connectivity index (χ4n) is 2.57. The molecule has 4 nitrogen and oxygen atoms in total. The molecule has 0 saturated carbocycles. The summed E-state index contributed by atoms with van der Waals surface area (Å²) >= 11 is 0. The zero-order valence-corrected chi connectivity index (χ0v) is 11.0. The van der Waals surface area contributed by atoms with Crippen molar-refractivity contribution in [3.8, 4) is 5.75 Å². The Hall–Kier alpha value is -1.68. The molecule has 19 heavy (non-hydrogen) atoms. The van der Waals surface area contributed by atoms with Crippen LogP contribution in [-0.2, 0) is 0 Å². The molecular weight excluding hydrogens is 238 g/mol. The minimum atomic E-state index is 0.785. The quantitative estimate of drug-likeness (QED) is 0.836. The van der Waals surface area contributed by atoms with Crippen LogP contribution in [0.3, 0.4) is 0 Å². The van der Waals surface area contributed by atoms with Gasteiger partial charge in [0.05, 0.1) is 12.1 Å². The lowest BCUT2D eigenvalue weighted by Crippen LogP contribution is -2.09. The monoisotopic (exact) mass is 257 g/mol. The van der Waals surface area contributed by atoms with Crippen molar-refractivity contribution >= 4 is 10.9 Å². The molecule has 1 fully saturated rings. The standard InChI is InChI=1S/C15H19N3O/c1(2-12-5-6-16-9-12)7-19-14-4-3-13-10-17-11-18-15(13)8-14/h3-4,8,10-12,16H,1-2,5-7,9H2. The van der Waals surface area contributed by atoms with Crippen molar-refractivity contribution in [1.82, 2.24) is 15.3 Å². The van der Waals surface area contributed by atoms with Crippen LogP contribution in [0.5, 0.6) is 5.75 Å². The molecule has 4 heteroatoms. The second kappa shape index (κ2) is 5.97. The summed E-state index contributed by atoms with van der Waals surface area (Å²) in [4.78, 5) is 8.24. The SMILES string of the molecule is c1ncc2ccc(OCCCC3CCNC3)cc2n1. The summed E-state index contributed by atoms with van der Waals surface area (Å²) in [5.74, 6) is 1.74. The predicted molar refractivity (Wildman–Crippen MR) is 75.2 cm³/mol. The first-order chi connectivity index (χ1) is 9.42. The van der Waals surface area contributed by atoms with E-state index in [-0.39, 0.29) is 0 Å². The smallest absolute Gasteiger partial charge is 0.121 e. The maximum absolute atomic E-state index is 5.79. The molecule has 0 spiro atoms. The molecule has 2 heterocycles. The van der Waals surface area contributed by atoms with Crippen molar-refractivity contribution in [2.45, 2.75) is 19.3 Å². The van der Waals surface area contributed by atoms with Gasteiger partial charge in [0.15, 0.2) is 0 Å². The Kier molecular flexibility index (Phi) is 3.89. The van der Waals surface area contributed by atoms with Gasteiger partial charge in [-0.05, 0) is 50.4 Å². The molecule has 1 aliphatic rings. The van der Waals surface area contributed by atoms with Gasteiger partial charge in [-0.3, -0.25) is 0 Å². The van der Waals surface area contributed by atoms with Crippen molar-refractivity contribution in [1.29, 1.82) is 0 Å². The summed E-state index contributed by atoms with van der Waals surface area (Å²) in [5.41, 5.74) is 0.937. The highest BCUT2D eigenvalue weighted by Crippen LogP contribution is 2.19. The molecular formula is C15H19N3O. The highest BCUT2D eigenvalue weighted by molar-refractivity contribution is 5.78. The van der Waals surface area contributed by atoms with Crippen LogP contribution < -0.4 is 10.1 Å². The summed E-state index contributed by atoms with van der Waals surface area (Å²) in [7, 11) is 0. The van der Waals surface area contributed by atoms with Crippen LogP contribution in [0.15, 0.2) is 30.7 Å². The molecule has 1 unspecified atom stereocenters. The molecule has 1 N–H and O–H groups in total. The molecule has 1 aliphatic heterocycles. The molecule has 1 aromatic carbocycles. The Bertz CT molecular complexity index is 538. The normalized spacial score (nSPS) is 18.8. The van der Waals surface area contributed by atoms with Crippen molar-refractivity contribution in [2.24, 2.45) is 5.92 Å². The zero-order valence-electron chi connectivity index (χ0n) is 11.0. The van der Waals surface area contributed by atoms with Gasteiger partial charge in [0.2, 0.25) is 0 Å². The number of nitrogens with zero attached hydrogens (tertiary/aromatic N) is 2. The van der Waals surface area contributed by atoms with E-state index in [4.69, 9.17) is 4.74 Å². The summed E-state index contributed by atoms with van der Waals surface area (Å²) in [6, 6.07) is 5.97. The Morgan fingerprint density at radius 3 is 3.26 bits per heavy atom. The van der Waals surface area contributed by atoms with Crippen LogP contribution in [0.1, 0.15) is 19.3 Å². The molecule has 100 valence electrons. The third-order valence-corrected chi connectivity index (χ3v) is 3.67. The Balaban J connectivity index is 1.50. The van der Waals surface area contributed by atoms with Crippen LogP contribution in [0.25, 0.3) is 10.9 Å². The lowest BCUT2D eigenvalue weighted by molar-refractivity contribution is 0.295. The summed E-state index contributed by atoms with van der Waals surface area (Å²) < 4.78 is 5.79. The van der Waals surface area contributed by atoms with E-state index in [0.717, 1.165) is 35.6 Å². The van der Waals surface area contributed by atoms with E-state index in [1.54, 1.807) is 6.33 Å². The minimum Gasteiger partial charge on any atom is -0.494 e. The van der Waals surface area contributed by atoms with Crippen LogP contribution >= 0.6 is 0 Å².